The van der Waals surface area contributed by atoms with E-state index in [2.05, 4.69) is 45.8 Å². The molecule has 0 bridgehead atoms. The highest BCUT2D eigenvalue weighted by atomic mass is 16.5. The van der Waals surface area contributed by atoms with E-state index in [9.17, 15) is 4.79 Å². The number of hydrogen-bond acceptors (Lipinski definition) is 7. The predicted molar refractivity (Wildman–Crippen MR) is 144 cm³/mol. The molecular formula is C28H35N5O4. The van der Waals surface area contributed by atoms with Crippen LogP contribution in [0.2, 0.25) is 0 Å². The van der Waals surface area contributed by atoms with E-state index in [1.807, 2.05) is 32.0 Å². The van der Waals surface area contributed by atoms with Crippen LogP contribution in [0.1, 0.15) is 30.9 Å². The van der Waals surface area contributed by atoms with E-state index in [0.29, 0.717) is 38.1 Å². The lowest BCUT2D eigenvalue weighted by Gasteiger charge is -2.29. The van der Waals surface area contributed by atoms with Crippen LogP contribution in [0.15, 0.2) is 47.0 Å². The number of rotatable bonds is 9. The van der Waals surface area contributed by atoms with Crippen molar-refractivity contribution in [2.24, 2.45) is 0 Å². The first-order valence-corrected chi connectivity index (χ1v) is 12.9. The summed E-state index contributed by atoms with van der Waals surface area (Å²) in [7, 11) is 2.13. The molecule has 2 amide bonds. The molecule has 0 aliphatic carbocycles. The number of amides is 2. The molecule has 2 fully saturated rings. The Balaban J connectivity index is 1.39. The van der Waals surface area contributed by atoms with Crippen molar-refractivity contribution < 1.29 is 18.7 Å². The number of aromatic nitrogens is 1. The van der Waals surface area contributed by atoms with Crippen LogP contribution in [0.3, 0.4) is 0 Å². The van der Waals surface area contributed by atoms with Gasteiger partial charge in [-0.2, -0.15) is 0 Å². The summed E-state index contributed by atoms with van der Waals surface area (Å²) in [6.45, 7) is 8.48. The molecule has 2 N–H and O–H groups in total. The zero-order valence-corrected chi connectivity index (χ0v) is 21.8. The van der Waals surface area contributed by atoms with Crippen LogP contribution in [0.4, 0.5) is 22.2 Å². The fourth-order valence-corrected chi connectivity index (χ4v) is 4.66. The third-order valence-corrected chi connectivity index (χ3v) is 6.83. The number of ether oxygens (including phenoxy) is 2. The van der Waals surface area contributed by atoms with Crippen LogP contribution >= 0.6 is 0 Å². The monoisotopic (exact) mass is 505 g/mol. The number of oxazole rings is 1. The normalized spacial score (nSPS) is 16.7. The quantitative estimate of drug-likeness (QED) is 0.426. The smallest absolute Gasteiger partial charge is 0.321 e. The van der Waals surface area contributed by atoms with Gasteiger partial charge in [0.2, 0.25) is 0 Å². The van der Waals surface area contributed by atoms with Gasteiger partial charge in [0, 0.05) is 55.8 Å². The summed E-state index contributed by atoms with van der Waals surface area (Å²) in [4.78, 5) is 20.9. The van der Waals surface area contributed by atoms with Crippen molar-refractivity contribution in [2.75, 3.05) is 50.1 Å². The van der Waals surface area contributed by atoms with Crippen molar-refractivity contribution >= 4 is 23.4 Å². The summed E-state index contributed by atoms with van der Waals surface area (Å²) in [5, 5.41) is 6.17. The zero-order chi connectivity index (χ0) is 25.8. The lowest BCUT2D eigenvalue weighted by atomic mass is 10.1. The number of benzene rings is 2. The Morgan fingerprint density at radius 1 is 1.16 bits per heavy atom. The average molecular weight is 506 g/mol. The topological polar surface area (TPSA) is 92.1 Å². The Labute approximate surface area is 217 Å². The lowest BCUT2D eigenvalue weighted by Crippen LogP contribution is -2.35. The van der Waals surface area contributed by atoms with Crippen LogP contribution in [-0.2, 0) is 11.3 Å². The van der Waals surface area contributed by atoms with Gasteiger partial charge in [0.15, 0.2) is 5.76 Å². The van der Waals surface area contributed by atoms with Gasteiger partial charge in [-0.3, -0.25) is 4.90 Å². The molecule has 1 aromatic heterocycles. The molecule has 0 radical (unpaired) electrons. The minimum absolute atomic E-state index is 0.107. The minimum Gasteiger partial charge on any atom is -0.490 e. The molecule has 0 saturated carbocycles. The molecular weight excluding hydrogens is 470 g/mol. The number of carbonyl (C=O) groups excluding carboxylic acids is 1. The maximum absolute atomic E-state index is 12.4. The molecule has 2 saturated heterocycles. The first-order valence-electron chi connectivity index (χ1n) is 12.9. The Morgan fingerprint density at radius 2 is 2.00 bits per heavy atom. The third-order valence-electron chi connectivity index (χ3n) is 6.83. The van der Waals surface area contributed by atoms with Gasteiger partial charge < -0.3 is 29.4 Å². The van der Waals surface area contributed by atoms with E-state index >= 15 is 0 Å². The first kappa shape index (κ1) is 25.1. The summed E-state index contributed by atoms with van der Waals surface area (Å²) in [5.41, 5.74) is 4.66. The molecule has 2 aromatic carbocycles. The SMILES string of the molecule is CCOCc1ccc(C)c(Nc2ncc(-c3cc(OC4CCN(C)CC4)cc(N4CCNC4=O)c3)o2)c1. The second-order valence-electron chi connectivity index (χ2n) is 9.66. The largest absolute Gasteiger partial charge is 0.490 e. The summed E-state index contributed by atoms with van der Waals surface area (Å²) in [5.74, 6) is 1.33. The molecule has 9 heteroatoms. The third kappa shape index (κ3) is 6.06. The number of piperidine rings is 1. The molecule has 37 heavy (non-hydrogen) atoms. The summed E-state index contributed by atoms with van der Waals surface area (Å²) < 4.78 is 18.1. The van der Waals surface area contributed by atoms with Gasteiger partial charge in [0.1, 0.15) is 11.9 Å². The molecule has 0 spiro atoms. The van der Waals surface area contributed by atoms with Crippen LogP contribution in [0.5, 0.6) is 5.75 Å². The van der Waals surface area contributed by atoms with E-state index in [1.165, 1.54) is 0 Å². The van der Waals surface area contributed by atoms with Crippen molar-refractivity contribution in [2.45, 2.75) is 39.4 Å². The number of likely N-dealkylation sites (tertiary alicyclic amines) is 1. The summed E-state index contributed by atoms with van der Waals surface area (Å²) in [6, 6.07) is 12.3. The molecule has 196 valence electrons. The maximum Gasteiger partial charge on any atom is 0.321 e. The molecule has 2 aliphatic heterocycles. The van der Waals surface area contributed by atoms with Crippen LogP contribution in [-0.4, -0.2) is 61.9 Å². The number of carbonyl (C=O) groups is 1. The standard InChI is InChI=1S/C28H35N5O4/c1-4-35-18-20-6-5-19(2)25(13-20)31-27-30-17-26(37-27)21-14-22(33-12-9-29-28(33)34)16-24(15-21)36-23-7-10-32(3)11-8-23/h5-6,13-17,23H,4,7-12,18H2,1-3H3,(H,29,34)(H,30,31). The Morgan fingerprint density at radius 3 is 2.76 bits per heavy atom. The van der Waals surface area contributed by atoms with E-state index in [0.717, 1.165) is 59.7 Å². The Kier molecular flexibility index (Phi) is 7.62. The molecule has 3 aromatic rings. The molecule has 0 unspecified atom stereocenters. The van der Waals surface area contributed by atoms with Gasteiger partial charge in [-0.05, 0) is 63.1 Å². The van der Waals surface area contributed by atoms with Gasteiger partial charge in [0.05, 0.1) is 12.8 Å². The molecule has 5 rings (SSSR count). The highest BCUT2D eigenvalue weighted by molar-refractivity contribution is 5.95. The number of anilines is 3. The molecule has 2 aliphatic rings. The van der Waals surface area contributed by atoms with E-state index in [1.54, 1.807) is 11.1 Å². The van der Waals surface area contributed by atoms with E-state index in [-0.39, 0.29) is 12.1 Å². The number of nitrogens with one attached hydrogen (secondary N) is 2. The summed E-state index contributed by atoms with van der Waals surface area (Å²) >= 11 is 0. The van der Waals surface area contributed by atoms with Gasteiger partial charge in [0.25, 0.3) is 6.01 Å². The van der Waals surface area contributed by atoms with Crippen LogP contribution < -0.4 is 20.3 Å². The molecule has 9 nitrogen and oxygen atoms in total. The fraction of sp³-hybridized carbons (Fsp3) is 0.429. The van der Waals surface area contributed by atoms with Gasteiger partial charge in [-0.15, -0.1) is 0 Å². The second kappa shape index (κ2) is 11.2. The lowest BCUT2D eigenvalue weighted by molar-refractivity contribution is 0.114. The number of aryl methyl sites for hydroxylation is 1. The van der Waals surface area contributed by atoms with E-state index in [4.69, 9.17) is 13.9 Å². The highest BCUT2D eigenvalue weighted by Gasteiger charge is 2.24. The molecule has 0 atom stereocenters. The zero-order valence-electron chi connectivity index (χ0n) is 21.8. The average Bonchev–Trinajstić information content (AvgIpc) is 3.55. The predicted octanol–water partition coefficient (Wildman–Crippen LogP) is 4.93. The Hall–Kier alpha value is -3.56. The number of urea groups is 1. The van der Waals surface area contributed by atoms with Gasteiger partial charge in [-0.1, -0.05) is 12.1 Å². The van der Waals surface area contributed by atoms with Crippen LogP contribution in [0, 0.1) is 6.92 Å². The number of hydrogen-bond donors (Lipinski definition) is 2. The summed E-state index contributed by atoms with van der Waals surface area (Å²) in [6.07, 6.45) is 3.78. The fourth-order valence-electron chi connectivity index (χ4n) is 4.66. The minimum atomic E-state index is -0.107. The van der Waals surface area contributed by atoms with Crippen molar-refractivity contribution in [3.8, 4) is 17.1 Å². The maximum atomic E-state index is 12.4. The molecule has 3 heterocycles. The van der Waals surface area contributed by atoms with Gasteiger partial charge >= 0.3 is 6.03 Å². The van der Waals surface area contributed by atoms with Crippen LogP contribution in [0.25, 0.3) is 11.3 Å². The van der Waals surface area contributed by atoms with Crippen molar-refractivity contribution in [1.29, 1.82) is 0 Å². The van der Waals surface area contributed by atoms with E-state index < -0.39 is 0 Å². The van der Waals surface area contributed by atoms with Crippen molar-refractivity contribution in [1.82, 2.24) is 15.2 Å². The highest BCUT2D eigenvalue weighted by Crippen LogP contribution is 2.34. The van der Waals surface area contributed by atoms with Gasteiger partial charge in [-0.25, -0.2) is 9.78 Å². The number of nitrogens with zero attached hydrogens (tertiary/aromatic N) is 3. The first-order chi connectivity index (χ1) is 18.0. The second-order valence-corrected chi connectivity index (χ2v) is 9.66. The Bertz CT molecular complexity index is 1240. The van der Waals surface area contributed by atoms with Crippen molar-refractivity contribution in [3.05, 3.63) is 53.7 Å². The van der Waals surface area contributed by atoms with Crippen molar-refractivity contribution in [3.63, 3.8) is 0 Å².